The molecule has 76 valence electrons. The number of rotatable bonds is 3. The Labute approximate surface area is 79.3 Å². The Kier molecular flexibility index (Phi) is 3.69. The van der Waals surface area contributed by atoms with Crippen LogP contribution in [0.3, 0.4) is 0 Å². The van der Waals surface area contributed by atoms with Gasteiger partial charge in [0.25, 0.3) is 0 Å². The summed E-state index contributed by atoms with van der Waals surface area (Å²) in [6, 6.07) is -0.0553. The second-order valence-corrected chi connectivity index (χ2v) is 4.00. The van der Waals surface area contributed by atoms with Gasteiger partial charge in [0.2, 0.25) is 5.91 Å². The van der Waals surface area contributed by atoms with Crippen LogP contribution in [0.15, 0.2) is 0 Å². The smallest absolute Gasteiger partial charge is 0.218 e. The van der Waals surface area contributed by atoms with E-state index in [4.69, 9.17) is 11.5 Å². The van der Waals surface area contributed by atoms with Gasteiger partial charge in [0, 0.05) is 19.0 Å². The van der Waals surface area contributed by atoms with Crippen LogP contribution in [0.2, 0.25) is 0 Å². The van der Waals surface area contributed by atoms with Crippen molar-refractivity contribution in [2.75, 3.05) is 20.1 Å². The minimum Gasteiger partial charge on any atom is -0.370 e. The summed E-state index contributed by atoms with van der Waals surface area (Å²) in [6.45, 7) is 2.13. The van der Waals surface area contributed by atoms with E-state index in [2.05, 4.69) is 11.9 Å². The van der Waals surface area contributed by atoms with Crippen LogP contribution in [-0.2, 0) is 4.79 Å². The van der Waals surface area contributed by atoms with E-state index < -0.39 is 0 Å². The summed E-state index contributed by atoms with van der Waals surface area (Å²) < 4.78 is 0. The number of hydrogen-bond donors (Lipinski definition) is 2. The van der Waals surface area contributed by atoms with E-state index in [1.807, 2.05) is 0 Å². The summed E-state index contributed by atoms with van der Waals surface area (Å²) in [6.07, 6.45) is 2.62. The largest absolute Gasteiger partial charge is 0.370 e. The highest BCUT2D eigenvalue weighted by molar-refractivity contribution is 5.74. The second kappa shape index (κ2) is 4.58. The Morgan fingerprint density at radius 1 is 1.69 bits per heavy atom. The number of nitrogens with zero attached hydrogens (tertiary/aromatic N) is 1. The summed E-state index contributed by atoms with van der Waals surface area (Å²) in [7, 11) is 2.09. The summed E-state index contributed by atoms with van der Waals surface area (Å²) >= 11 is 0. The van der Waals surface area contributed by atoms with Crippen molar-refractivity contribution in [2.45, 2.75) is 25.3 Å². The fourth-order valence-electron chi connectivity index (χ4n) is 1.95. The Morgan fingerprint density at radius 3 is 2.92 bits per heavy atom. The van der Waals surface area contributed by atoms with Crippen LogP contribution in [0, 0.1) is 5.92 Å². The molecule has 0 spiro atoms. The number of amides is 1. The van der Waals surface area contributed by atoms with E-state index in [1.165, 1.54) is 6.42 Å². The Hall–Kier alpha value is -0.610. The molecule has 0 radical (unpaired) electrons. The first-order valence-corrected chi connectivity index (χ1v) is 4.82. The van der Waals surface area contributed by atoms with Crippen molar-refractivity contribution in [2.24, 2.45) is 17.4 Å². The third-order valence-corrected chi connectivity index (χ3v) is 2.70. The van der Waals surface area contributed by atoms with Gasteiger partial charge in [-0.25, -0.2) is 0 Å². The summed E-state index contributed by atoms with van der Waals surface area (Å²) in [5, 5.41) is 0. The van der Waals surface area contributed by atoms with Gasteiger partial charge in [-0.3, -0.25) is 4.79 Å². The molecule has 1 heterocycles. The van der Waals surface area contributed by atoms with Crippen LogP contribution in [0.5, 0.6) is 0 Å². The van der Waals surface area contributed by atoms with Gasteiger partial charge in [-0.2, -0.15) is 0 Å². The van der Waals surface area contributed by atoms with Crippen molar-refractivity contribution < 1.29 is 4.79 Å². The molecule has 4 heteroatoms. The normalized spacial score (nSPS) is 27.1. The van der Waals surface area contributed by atoms with Crippen molar-refractivity contribution in [1.82, 2.24) is 4.90 Å². The molecule has 0 aromatic rings. The van der Waals surface area contributed by atoms with Crippen molar-refractivity contribution in [1.29, 1.82) is 0 Å². The highest BCUT2D eigenvalue weighted by Crippen LogP contribution is 2.18. The molecule has 1 saturated heterocycles. The first-order chi connectivity index (χ1) is 6.09. The van der Waals surface area contributed by atoms with Crippen LogP contribution in [0.1, 0.15) is 19.3 Å². The zero-order valence-electron chi connectivity index (χ0n) is 8.20. The highest BCUT2D eigenvalue weighted by atomic mass is 16.1. The first-order valence-electron chi connectivity index (χ1n) is 4.82. The van der Waals surface area contributed by atoms with Crippen molar-refractivity contribution >= 4 is 5.91 Å². The topological polar surface area (TPSA) is 72.3 Å². The Morgan fingerprint density at radius 2 is 2.38 bits per heavy atom. The van der Waals surface area contributed by atoms with Crippen LogP contribution < -0.4 is 11.5 Å². The summed E-state index contributed by atoms with van der Waals surface area (Å²) in [5.41, 5.74) is 11.0. The molecule has 1 aliphatic heterocycles. The molecule has 1 fully saturated rings. The zero-order chi connectivity index (χ0) is 9.84. The average molecular weight is 185 g/mol. The maximum atomic E-state index is 10.7. The standard InChI is InChI=1S/C9H19N3O/c1-12-4-2-3-7(6-12)8(10)5-9(11)13/h7-8H,2-6,10H2,1H3,(H2,11,13). The molecule has 1 aliphatic rings. The van der Waals surface area contributed by atoms with Crippen LogP contribution in [-0.4, -0.2) is 37.0 Å². The van der Waals surface area contributed by atoms with Gasteiger partial charge in [0.1, 0.15) is 0 Å². The third-order valence-electron chi connectivity index (χ3n) is 2.70. The van der Waals surface area contributed by atoms with Gasteiger partial charge < -0.3 is 16.4 Å². The third kappa shape index (κ3) is 3.32. The second-order valence-electron chi connectivity index (χ2n) is 4.00. The molecular weight excluding hydrogens is 166 g/mol. The summed E-state index contributed by atoms with van der Waals surface area (Å²) in [4.78, 5) is 12.9. The van der Waals surface area contributed by atoms with E-state index in [1.54, 1.807) is 0 Å². The highest BCUT2D eigenvalue weighted by Gasteiger charge is 2.23. The maximum absolute atomic E-state index is 10.7. The van der Waals surface area contributed by atoms with Gasteiger partial charge in [0.05, 0.1) is 0 Å². The number of likely N-dealkylation sites (tertiary alicyclic amines) is 1. The number of carbonyl (C=O) groups excluding carboxylic acids is 1. The molecule has 2 atom stereocenters. The molecule has 1 rings (SSSR count). The molecular formula is C9H19N3O. The quantitative estimate of drug-likeness (QED) is 0.624. The lowest BCUT2D eigenvalue weighted by atomic mass is 9.89. The van der Waals surface area contributed by atoms with E-state index in [0.717, 1.165) is 19.5 Å². The average Bonchev–Trinajstić information content (AvgIpc) is 2.03. The lowest BCUT2D eigenvalue weighted by Crippen LogP contribution is -2.43. The van der Waals surface area contributed by atoms with Crippen molar-refractivity contribution in [3.63, 3.8) is 0 Å². The minimum absolute atomic E-state index is 0.0553. The molecule has 0 aromatic carbocycles. The zero-order valence-corrected chi connectivity index (χ0v) is 8.20. The van der Waals surface area contributed by atoms with Crippen molar-refractivity contribution in [3.8, 4) is 0 Å². The lowest BCUT2D eigenvalue weighted by molar-refractivity contribution is -0.118. The SMILES string of the molecule is CN1CCCC(C(N)CC(N)=O)C1. The van der Waals surface area contributed by atoms with Crippen LogP contribution in [0.25, 0.3) is 0 Å². The minimum atomic E-state index is -0.291. The fraction of sp³-hybridized carbons (Fsp3) is 0.889. The van der Waals surface area contributed by atoms with E-state index in [-0.39, 0.29) is 11.9 Å². The van der Waals surface area contributed by atoms with E-state index >= 15 is 0 Å². The van der Waals surface area contributed by atoms with E-state index in [0.29, 0.717) is 12.3 Å². The van der Waals surface area contributed by atoms with Crippen LogP contribution >= 0.6 is 0 Å². The fourth-order valence-corrected chi connectivity index (χ4v) is 1.95. The molecule has 2 unspecified atom stereocenters. The molecule has 0 saturated carbocycles. The Bertz CT molecular complexity index is 184. The monoisotopic (exact) mass is 185 g/mol. The Balaban J connectivity index is 2.36. The molecule has 0 bridgehead atoms. The number of carbonyl (C=O) groups is 1. The first kappa shape index (κ1) is 10.5. The molecule has 4 N–H and O–H groups in total. The predicted octanol–water partition coefficient (Wildman–Crippen LogP) is -0.469. The lowest BCUT2D eigenvalue weighted by Gasteiger charge is -2.32. The predicted molar refractivity (Wildman–Crippen MR) is 52.0 cm³/mol. The van der Waals surface area contributed by atoms with Gasteiger partial charge in [-0.15, -0.1) is 0 Å². The van der Waals surface area contributed by atoms with E-state index in [9.17, 15) is 4.79 Å². The van der Waals surface area contributed by atoms with Crippen molar-refractivity contribution in [3.05, 3.63) is 0 Å². The maximum Gasteiger partial charge on any atom is 0.218 e. The number of hydrogen-bond acceptors (Lipinski definition) is 3. The molecule has 1 amide bonds. The summed E-state index contributed by atoms with van der Waals surface area (Å²) in [5.74, 6) is 0.145. The molecule has 4 nitrogen and oxygen atoms in total. The molecule has 0 aliphatic carbocycles. The van der Waals surface area contributed by atoms with Gasteiger partial charge >= 0.3 is 0 Å². The van der Waals surface area contributed by atoms with Gasteiger partial charge in [-0.05, 0) is 32.4 Å². The number of primary amides is 1. The van der Waals surface area contributed by atoms with Gasteiger partial charge in [-0.1, -0.05) is 0 Å². The van der Waals surface area contributed by atoms with Gasteiger partial charge in [0.15, 0.2) is 0 Å². The molecule has 13 heavy (non-hydrogen) atoms. The number of piperidine rings is 1. The van der Waals surface area contributed by atoms with Crippen LogP contribution in [0.4, 0.5) is 0 Å². The number of nitrogens with two attached hydrogens (primary N) is 2. The molecule has 0 aromatic heterocycles.